The number of rotatable bonds is 3. The van der Waals surface area contributed by atoms with Gasteiger partial charge in [0.15, 0.2) is 0 Å². The third-order valence-corrected chi connectivity index (χ3v) is 3.54. The van der Waals surface area contributed by atoms with Gasteiger partial charge in [0.05, 0.1) is 5.69 Å². The highest BCUT2D eigenvalue weighted by molar-refractivity contribution is 9.10. The molecule has 0 radical (unpaired) electrons. The summed E-state index contributed by atoms with van der Waals surface area (Å²) in [6.07, 6.45) is 1.81. The predicted molar refractivity (Wildman–Crippen MR) is 79.9 cm³/mol. The summed E-state index contributed by atoms with van der Waals surface area (Å²) in [5.74, 6) is -0.815. The second kappa shape index (κ2) is 5.88. The van der Waals surface area contributed by atoms with Crippen LogP contribution in [-0.2, 0) is 6.54 Å². The fourth-order valence-electron chi connectivity index (χ4n) is 1.70. The summed E-state index contributed by atoms with van der Waals surface area (Å²) in [5, 5.41) is 2.57. The molecular formula is C13H11Br2FN2O. The number of nitrogens with zero attached hydrogens (tertiary/aromatic N) is 1. The van der Waals surface area contributed by atoms with Gasteiger partial charge in [-0.2, -0.15) is 0 Å². The molecule has 0 bridgehead atoms. The molecule has 0 atom stereocenters. The number of carbonyl (C=O) groups is 1. The van der Waals surface area contributed by atoms with Crippen LogP contribution in [0.2, 0.25) is 0 Å². The minimum atomic E-state index is -0.476. The third kappa shape index (κ3) is 3.25. The number of hydrogen-bond acceptors (Lipinski definition) is 1. The summed E-state index contributed by atoms with van der Waals surface area (Å²) in [4.78, 5) is 12.1. The number of anilines is 1. The highest BCUT2D eigenvalue weighted by Crippen LogP contribution is 2.21. The number of aromatic nitrogens is 1. The minimum Gasteiger partial charge on any atom is -0.343 e. The smallest absolute Gasteiger partial charge is 0.272 e. The lowest BCUT2D eigenvalue weighted by molar-refractivity contribution is 0.101. The van der Waals surface area contributed by atoms with Crippen LogP contribution < -0.4 is 5.32 Å². The maximum absolute atomic E-state index is 13.7. The zero-order valence-corrected chi connectivity index (χ0v) is 13.3. The molecule has 3 nitrogen and oxygen atoms in total. The van der Waals surface area contributed by atoms with E-state index in [1.807, 2.05) is 13.1 Å². The van der Waals surface area contributed by atoms with Gasteiger partial charge in [-0.3, -0.25) is 4.79 Å². The average Bonchev–Trinajstić information content (AvgIpc) is 2.74. The van der Waals surface area contributed by atoms with Crippen molar-refractivity contribution >= 4 is 43.5 Å². The third-order valence-electron chi connectivity index (χ3n) is 2.62. The van der Waals surface area contributed by atoms with Gasteiger partial charge in [-0.1, -0.05) is 15.9 Å². The van der Waals surface area contributed by atoms with Gasteiger partial charge < -0.3 is 9.88 Å². The Balaban J connectivity index is 2.25. The second-order valence-electron chi connectivity index (χ2n) is 3.91. The molecule has 1 amide bonds. The molecule has 19 heavy (non-hydrogen) atoms. The van der Waals surface area contributed by atoms with Crippen molar-refractivity contribution < 1.29 is 9.18 Å². The lowest BCUT2D eigenvalue weighted by Crippen LogP contribution is -2.17. The predicted octanol–water partition coefficient (Wildman–Crippen LogP) is 4.42. The SMILES string of the molecule is CCn1cc(Br)cc1C(=O)Nc1ccc(Br)cc1F. The van der Waals surface area contributed by atoms with Gasteiger partial charge in [0.25, 0.3) is 5.91 Å². The maximum atomic E-state index is 13.7. The number of nitrogens with one attached hydrogen (secondary N) is 1. The van der Waals surface area contributed by atoms with Crippen molar-refractivity contribution in [2.45, 2.75) is 13.5 Å². The van der Waals surface area contributed by atoms with Gasteiger partial charge >= 0.3 is 0 Å². The maximum Gasteiger partial charge on any atom is 0.272 e. The molecule has 2 aromatic rings. The highest BCUT2D eigenvalue weighted by atomic mass is 79.9. The number of amides is 1. The van der Waals surface area contributed by atoms with Crippen molar-refractivity contribution in [1.82, 2.24) is 4.57 Å². The topological polar surface area (TPSA) is 34.0 Å². The molecule has 0 spiro atoms. The lowest BCUT2D eigenvalue weighted by Gasteiger charge is -2.08. The van der Waals surface area contributed by atoms with E-state index in [1.54, 1.807) is 16.7 Å². The Bertz CT molecular complexity index is 625. The lowest BCUT2D eigenvalue weighted by atomic mass is 10.3. The zero-order valence-electron chi connectivity index (χ0n) is 10.1. The first-order valence-electron chi connectivity index (χ1n) is 5.63. The zero-order chi connectivity index (χ0) is 14.0. The molecule has 1 aromatic heterocycles. The van der Waals surface area contributed by atoms with E-state index in [0.29, 0.717) is 16.7 Å². The average molecular weight is 390 g/mol. The standard InChI is InChI=1S/C13H11Br2FN2O/c1-2-18-7-9(15)6-12(18)13(19)17-11-4-3-8(14)5-10(11)16/h3-7H,2H2,1H3,(H,17,19). The Morgan fingerprint density at radius 2 is 2.05 bits per heavy atom. The molecule has 1 heterocycles. The molecule has 1 aromatic carbocycles. The van der Waals surface area contributed by atoms with Crippen LogP contribution in [-0.4, -0.2) is 10.5 Å². The Morgan fingerprint density at radius 1 is 1.32 bits per heavy atom. The van der Waals surface area contributed by atoms with Crippen molar-refractivity contribution in [1.29, 1.82) is 0 Å². The Morgan fingerprint density at radius 3 is 2.68 bits per heavy atom. The number of aryl methyl sites for hydroxylation is 1. The molecule has 0 saturated carbocycles. The number of benzene rings is 1. The van der Waals surface area contributed by atoms with Crippen LogP contribution in [0.5, 0.6) is 0 Å². The summed E-state index contributed by atoms with van der Waals surface area (Å²) in [6, 6.07) is 6.21. The van der Waals surface area contributed by atoms with Crippen molar-refractivity contribution in [3.63, 3.8) is 0 Å². The molecule has 6 heteroatoms. The van der Waals surface area contributed by atoms with Crippen molar-refractivity contribution in [3.05, 3.63) is 50.9 Å². The molecule has 0 fully saturated rings. The van der Waals surface area contributed by atoms with E-state index in [0.717, 1.165) is 4.47 Å². The molecule has 0 aliphatic heterocycles. The Hall–Kier alpha value is -1.14. The molecule has 0 unspecified atom stereocenters. The van der Waals surface area contributed by atoms with E-state index < -0.39 is 5.82 Å². The quantitative estimate of drug-likeness (QED) is 0.827. The van der Waals surface area contributed by atoms with Crippen LogP contribution in [0.25, 0.3) is 0 Å². The van der Waals surface area contributed by atoms with Crippen LogP contribution in [0, 0.1) is 5.82 Å². The van der Waals surface area contributed by atoms with Crippen molar-refractivity contribution in [2.24, 2.45) is 0 Å². The molecule has 1 N–H and O–H groups in total. The molecular weight excluding hydrogens is 379 g/mol. The van der Waals surface area contributed by atoms with Crippen LogP contribution in [0.4, 0.5) is 10.1 Å². The minimum absolute atomic E-state index is 0.160. The van der Waals surface area contributed by atoms with Gasteiger partial charge in [0, 0.05) is 21.7 Å². The fourth-order valence-corrected chi connectivity index (χ4v) is 2.50. The molecule has 2 rings (SSSR count). The summed E-state index contributed by atoms with van der Waals surface area (Å²) < 4.78 is 16.9. The second-order valence-corrected chi connectivity index (χ2v) is 5.74. The molecule has 0 aliphatic carbocycles. The van der Waals surface area contributed by atoms with Crippen molar-refractivity contribution in [3.8, 4) is 0 Å². The highest BCUT2D eigenvalue weighted by Gasteiger charge is 2.14. The van der Waals surface area contributed by atoms with Gasteiger partial charge in [-0.15, -0.1) is 0 Å². The molecule has 0 saturated heterocycles. The summed E-state index contributed by atoms with van der Waals surface area (Å²) in [7, 11) is 0. The number of halogens is 3. The fraction of sp³-hybridized carbons (Fsp3) is 0.154. The van der Waals surface area contributed by atoms with Gasteiger partial charge in [-0.05, 0) is 47.1 Å². The van der Waals surface area contributed by atoms with E-state index in [4.69, 9.17) is 0 Å². The monoisotopic (exact) mass is 388 g/mol. The first-order valence-corrected chi connectivity index (χ1v) is 7.22. The van der Waals surface area contributed by atoms with Gasteiger partial charge in [0.1, 0.15) is 11.5 Å². The Labute approximate surface area is 127 Å². The van der Waals surface area contributed by atoms with E-state index in [9.17, 15) is 9.18 Å². The number of hydrogen-bond donors (Lipinski definition) is 1. The van der Waals surface area contributed by atoms with Crippen LogP contribution in [0.3, 0.4) is 0 Å². The summed E-state index contributed by atoms with van der Waals surface area (Å²) in [6.45, 7) is 2.60. The summed E-state index contributed by atoms with van der Waals surface area (Å²) >= 11 is 6.49. The largest absolute Gasteiger partial charge is 0.343 e. The molecule has 0 aliphatic rings. The van der Waals surface area contributed by atoms with Crippen LogP contribution >= 0.6 is 31.9 Å². The van der Waals surface area contributed by atoms with Gasteiger partial charge in [0.2, 0.25) is 0 Å². The van der Waals surface area contributed by atoms with Crippen molar-refractivity contribution in [2.75, 3.05) is 5.32 Å². The normalized spacial score (nSPS) is 10.5. The first kappa shape index (κ1) is 14.3. The van der Waals surface area contributed by atoms with E-state index >= 15 is 0 Å². The molecule has 100 valence electrons. The Kier molecular flexibility index (Phi) is 4.42. The summed E-state index contributed by atoms with van der Waals surface area (Å²) in [5.41, 5.74) is 0.643. The van der Waals surface area contributed by atoms with E-state index in [2.05, 4.69) is 37.2 Å². The van der Waals surface area contributed by atoms with Crippen LogP contribution in [0.1, 0.15) is 17.4 Å². The van der Waals surface area contributed by atoms with E-state index in [1.165, 1.54) is 12.1 Å². The number of carbonyl (C=O) groups excluding carboxylic acids is 1. The van der Waals surface area contributed by atoms with Crippen LogP contribution in [0.15, 0.2) is 39.4 Å². The van der Waals surface area contributed by atoms with Gasteiger partial charge in [-0.25, -0.2) is 4.39 Å². The van der Waals surface area contributed by atoms with E-state index in [-0.39, 0.29) is 11.6 Å². The first-order chi connectivity index (χ1) is 9.01.